The number of rotatable bonds is 8. The zero-order valence-corrected chi connectivity index (χ0v) is 19.1. The van der Waals surface area contributed by atoms with E-state index in [9.17, 15) is 0 Å². The molecular formula is C24H34N4O3. The minimum atomic E-state index is 0.761. The predicted molar refractivity (Wildman–Crippen MR) is 126 cm³/mol. The maximum atomic E-state index is 5.52. The number of methoxy groups -OCH3 is 3. The van der Waals surface area contributed by atoms with Crippen LogP contribution in [0.4, 0.5) is 5.69 Å². The van der Waals surface area contributed by atoms with Crippen molar-refractivity contribution in [1.82, 2.24) is 10.2 Å². The van der Waals surface area contributed by atoms with Crippen molar-refractivity contribution in [2.24, 2.45) is 4.99 Å². The van der Waals surface area contributed by atoms with Crippen LogP contribution in [0.2, 0.25) is 0 Å². The third kappa shape index (κ3) is 5.75. The highest BCUT2D eigenvalue weighted by molar-refractivity contribution is 5.80. The van der Waals surface area contributed by atoms with Crippen molar-refractivity contribution in [1.29, 1.82) is 0 Å². The maximum Gasteiger partial charge on any atom is 0.193 e. The molecule has 1 saturated heterocycles. The molecule has 1 aliphatic rings. The van der Waals surface area contributed by atoms with Gasteiger partial charge in [0.25, 0.3) is 0 Å². The summed E-state index contributed by atoms with van der Waals surface area (Å²) in [6, 6.07) is 14.3. The lowest BCUT2D eigenvalue weighted by atomic mass is 10.1. The van der Waals surface area contributed by atoms with Crippen LogP contribution in [0.25, 0.3) is 0 Å². The first-order chi connectivity index (χ1) is 15.2. The number of benzene rings is 2. The lowest BCUT2D eigenvalue weighted by molar-refractivity contribution is 0.354. The van der Waals surface area contributed by atoms with E-state index in [1.54, 1.807) is 21.3 Å². The summed E-state index contributed by atoms with van der Waals surface area (Å²) in [6.45, 7) is 4.59. The molecule has 0 unspecified atom stereocenters. The summed E-state index contributed by atoms with van der Waals surface area (Å²) >= 11 is 0. The summed E-state index contributed by atoms with van der Waals surface area (Å²) in [5.41, 5.74) is 2.39. The molecule has 7 nitrogen and oxygen atoms in total. The van der Waals surface area contributed by atoms with Crippen LogP contribution in [0.15, 0.2) is 47.5 Å². The van der Waals surface area contributed by atoms with E-state index >= 15 is 0 Å². The first kappa shape index (κ1) is 22.6. The van der Waals surface area contributed by atoms with Gasteiger partial charge < -0.3 is 29.3 Å². The summed E-state index contributed by atoms with van der Waals surface area (Å²) < 4.78 is 16.2. The first-order valence-corrected chi connectivity index (χ1v) is 10.7. The second-order valence-corrected chi connectivity index (χ2v) is 7.41. The number of guanidine groups is 1. The first-order valence-electron chi connectivity index (χ1n) is 10.7. The van der Waals surface area contributed by atoms with Crippen molar-refractivity contribution in [3.8, 4) is 17.2 Å². The molecule has 2 aromatic rings. The van der Waals surface area contributed by atoms with E-state index < -0.39 is 0 Å². The molecular weight excluding hydrogens is 392 g/mol. The molecule has 1 heterocycles. The molecule has 0 radical (unpaired) electrons. The van der Waals surface area contributed by atoms with Gasteiger partial charge in [-0.1, -0.05) is 18.2 Å². The van der Waals surface area contributed by atoms with E-state index in [4.69, 9.17) is 14.2 Å². The van der Waals surface area contributed by atoms with Crippen LogP contribution in [-0.4, -0.2) is 72.0 Å². The Morgan fingerprint density at radius 2 is 1.61 bits per heavy atom. The standard InChI is InChI=1S/C24H34N4O3/c1-25-24(26-13-7-8-19-11-12-22(30-3)23(18-19)31-4)28-16-14-27(15-17-28)20-9-5-6-10-21(20)29-2/h5-6,9-12,18H,7-8,13-17H2,1-4H3,(H,25,26). The molecule has 31 heavy (non-hydrogen) atoms. The number of anilines is 1. The Labute approximate surface area is 185 Å². The Bertz CT molecular complexity index is 864. The second kappa shape index (κ2) is 11.3. The smallest absolute Gasteiger partial charge is 0.193 e. The van der Waals surface area contributed by atoms with Gasteiger partial charge in [0.2, 0.25) is 0 Å². The van der Waals surface area contributed by atoms with Crippen molar-refractivity contribution in [3.05, 3.63) is 48.0 Å². The van der Waals surface area contributed by atoms with Crippen LogP contribution in [0.3, 0.4) is 0 Å². The number of para-hydroxylation sites is 2. The Kier molecular flexibility index (Phi) is 8.27. The number of nitrogens with one attached hydrogen (secondary N) is 1. The van der Waals surface area contributed by atoms with Gasteiger partial charge in [-0.3, -0.25) is 4.99 Å². The number of hydrogen-bond acceptors (Lipinski definition) is 5. The van der Waals surface area contributed by atoms with Crippen LogP contribution in [0, 0.1) is 0 Å². The van der Waals surface area contributed by atoms with Crippen molar-refractivity contribution in [2.45, 2.75) is 12.8 Å². The van der Waals surface area contributed by atoms with E-state index in [0.717, 1.165) is 74.5 Å². The van der Waals surface area contributed by atoms with E-state index in [0.29, 0.717) is 0 Å². The van der Waals surface area contributed by atoms with E-state index in [1.807, 2.05) is 31.3 Å². The molecule has 0 spiro atoms. The SMILES string of the molecule is CN=C(NCCCc1ccc(OC)c(OC)c1)N1CCN(c2ccccc2OC)CC1. The van der Waals surface area contributed by atoms with Crippen LogP contribution in [0.1, 0.15) is 12.0 Å². The molecule has 1 N–H and O–H groups in total. The van der Waals surface area contributed by atoms with Crippen LogP contribution in [-0.2, 0) is 6.42 Å². The predicted octanol–water partition coefficient (Wildman–Crippen LogP) is 3.04. The highest BCUT2D eigenvalue weighted by Gasteiger charge is 2.21. The topological polar surface area (TPSA) is 58.6 Å². The van der Waals surface area contributed by atoms with Gasteiger partial charge >= 0.3 is 0 Å². The monoisotopic (exact) mass is 426 g/mol. The molecule has 1 fully saturated rings. The third-order valence-corrected chi connectivity index (χ3v) is 5.59. The van der Waals surface area contributed by atoms with Gasteiger partial charge in [0.05, 0.1) is 27.0 Å². The lowest BCUT2D eigenvalue weighted by Gasteiger charge is -2.38. The van der Waals surface area contributed by atoms with Gasteiger partial charge in [0.15, 0.2) is 17.5 Å². The zero-order valence-electron chi connectivity index (χ0n) is 19.1. The highest BCUT2D eigenvalue weighted by Crippen LogP contribution is 2.29. The summed E-state index contributed by atoms with van der Waals surface area (Å²) in [4.78, 5) is 9.19. The van der Waals surface area contributed by atoms with Gasteiger partial charge in [0, 0.05) is 39.8 Å². The van der Waals surface area contributed by atoms with Gasteiger partial charge in [0.1, 0.15) is 5.75 Å². The molecule has 2 aromatic carbocycles. The molecule has 7 heteroatoms. The van der Waals surface area contributed by atoms with Gasteiger partial charge in [-0.15, -0.1) is 0 Å². The summed E-state index contributed by atoms with van der Waals surface area (Å²) in [5, 5.41) is 3.51. The summed E-state index contributed by atoms with van der Waals surface area (Å²) in [6.07, 6.45) is 1.97. The Balaban J connectivity index is 1.46. The number of aliphatic imine (C=N–C) groups is 1. The van der Waals surface area contributed by atoms with Crippen LogP contribution in [0.5, 0.6) is 17.2 Å². The van der Waals surface area contributed by atoms with Crippen LogP contribution < -0.4 is 24.4 Å². The van der Waals surface area contributed by atoms with E-state index in [-0.39, 0.29) is 0 Å². The fourth-order valence-corrected chi connectivity index (χ4v) is 3.91. The molecule has 0 saturated carbocycles. The Morgan fingerprint density at radius 3 is 2.29 bits per heavy atom. The average molecular weight is 427 g/mol. The fourth-order valence-electron chi connectivity index (χ4n) is 3.91. The molecule has 1 aliphatic heterocycles. The van der Waals surface area contributed by atoms with E-state index in [1.165, 1.54) is 5.56 Å². The maximum absolute atomic E-state index is 5.52. The lowest BCUT2D eigenvalue weighted by Crippen LogP contribution is -2.52. The van der Waals surface area contributed by atoms with Crippen LogP contribution >= 0.6 is 0 Å². The quantitative estimate of drug-likeness (QED) is 0.398. The molecule has 3 rings (SSSR count). The summed E-state index contributed by atoms with van der Waals surface area (Å²) in [5.74, 6) is 3.43. The molecule has 0 aromatic heterocycles. The average Bonchev–Trinajstić information content (AvgIpc) is 2.84. The molecule has 0 aliphatic carbocycles. The number of piperazine rings is 1. The summed E-state index contributed by atoms with van der Waals surface area (Å²) in [7, 11) is 6.90. The molecule has 168 valence electrons. The number of nitrogens with zero attached hydrogens (tertiary/aromatic N) is 3. The van der Waals surface area contributed by atoms with Gasteiger partial charge in [-0.2, -0.15) is 0 Å². The Hall–Kier alpha value is -3.09. The third-order valence-electron chi connectivity index (χ3n) is 5.59. The van der Waals surface area contributed by atoms with Crippen molar-refractivity contribution < 1.29 is 14.2 Å². The second-order valence-electron chi connectivity index (χ2n) is 7.41. The fraction of sp³-hybridized carbons (Fsp3) is 0.458. The van der Waals surface area contributed by atoms with E-state index in [2.05, 4.69) is 38.3 Å². The normalized spacial score (nSPS) is 14.4. The molecule has 0 atom stereocenters. The molecule has 0 amide bonds. The zero-order chi connectivity index (χ0) is 22.1. The van der Waals surface area contributed by atoms with Gasteiger partial charge in [-0.05, 0) is 42.7 Å². The minimum Gasteiger partial charge on any atom is -0.495 e. The minimum absolute atomic E-state index is 0.761. The largest absolute Gasteiger partial charge is 0.495 e. The number of hydrogen-bond donors (Lipinski definition) is 1. The van der Waals surface area contributed by atoms with Gasteiger partial charge in [-0.25, -0.2) is 0 Å². The number of aryl methyl sites for hydroxylation is 1. The molecule has 0 bridgehead atoms. The Morgan fingerprint density at radius 1 is 0.903 bits per heavy atom. The highest BCUT2D eigenvalue weighted by atomic mass is 16.5. The van der Waals surface area contributed by atoms with Crippen molar-refractivity contribution in [2.75, 3.05) is 66.0 Å². The van der Waals surface area contributed by atoms with Crippen molar-refractivity contribution in [3.63, 3.8) is 0 Å². The number of ether oxygens (including phenoxy) is 3. The van der Waals surface area contributed by atoms with Crippen molar-refractivity contribution >= 4 is 11.6 Å².